The minimum Gasteiger partial charge on any atom is -0.491 e. The zero-order valence-electron chi connectivity index (χ0n) is 19.7. The van der Waals surface area contributed by atoms with Crippen molar-refractivity contribution >= 4 is 34.8 Å². The predicted octanol–water partition coefficient (Wildman–Crippen LogP) is 5.50. The number of carbonyl (C=O) groups is 2. The maximum Gasteiger partial charge on any atom is 0.242 e. The SMILES string of the molecule is Cc1cc(OC[C@@H]2c3ccsc3CCN2C(=O)CN(CC2CC2)C(=O)CC(C)C)ccc1Cl. The van der Waals surface area contributed by atoms with E-state index in [1.54, 1.807) is 16.2 Å². The van der Waals surface area contributed by atoms with Crippen molar-refractivity contribution in [1.29, 1.82) is 0 Å². The summed E-state index contributed by atoms with van der Waals surface area (Å²) in [6.07, 6.45) is 3.63. The Labute approximate surface area is 205 Å². The Balaban J connectivity index is 1.49. The van der Waals surface area contributed by atoms with Crippen LogP contribution in [0.2, 0.25) is 5.02 Å². The molecule has 0 bridgehead atoms. The molecule has 1 atom stereocenters. The smallest absolute Gasteiger partial charge is 0.242 e. The molecule has 0 saturated heterocycles. The van der Waals surface area contributed by atoms with Crippen LogP contribution < -0.4 is 4.74 Å². The number of nitrogens with zero attached hydrogens (tertiary/aromatic N) is 2. The second-order valence-electron chi connectivity index (χ2n) is 9.69. The van der Waals surface area contributed by atoms with Gasteiger partial charge in [0, 0.05) is 29.4 Å². The fourth-order valence-electron chi connectivity index (χ4n) is 4.36. The van der Waals surface area contributed by atoms with Crippen molar-refractivity contribution in [2.24, 2.45) is 11.8 Å². The minimum atomic E-state index is -0.161. The first-order valence-corrected chi connectivity index (χ1v) is 13.1. The van der Waals surface area contributed by atoms with Gasteiger partial charge in [-0.05, 0) is 78.8 Å². The maximum absolute atomic E-state index is 13.5. The standard InChI is InChI=1S/C26H33ClN2O3S/c1-17(2)12-25(30)28(14-19-4-5-19)15-26(31)29-10-8-24-21(9-11-33-24)23(29)16-32-20-6-7-22(27)18(3)13-20/h6-7,9,11,13,17,19,23H,4-5,8,10,12,14-16H2,1-3H3/t23-/m1/s1. The summed E-state index contributed by atoms with van der Waals surface area (Å²) in [6.45, 7) is 7.91. The average Bonchev–Trinajstić information content (AvgIpc) is 3.45. The van der Waals surface area contributed by atoms with E-state index < -0.39 is 0 Å². The normalized spacial score (nSPS) is 17.7. The highest BCUT2D eigenvalue weighted by atomic mass is 35.5. The Morgan fingerprint density at radius 1 is 1.27 bits per heavy atom. The molecule has 4 rings (SSSR count). The number of thiophene rings is 1. The third-order valence-corrected chi connectivity index (χ3v) is 7.81. The van der Waals surface area contributed by atoms with Crippen LogP contribution in [0.3, 0.4) is 0 Å². The van der Waals surface area contributed by atoms with Gasteiger partial charge in [0.05, 0.1) is 12.6 Å². The molecular formula is C26H33ClN2O3S. The molecule has 5 nitrogen and oxygen atoms in total. The Morgan fingerprint density at radius 2 is 2.06 bits per heavy atom. The Bertz CT molecular complexity index is 1000. The van der Waals surface area contributed by atoms with Crippen LogP contribution in [-0.2, 0) is 16.0 Å². The van der Waals surface area contributed by atoms with Crippen LogP contribution in [0.5, 0.6) is 5.75 Å². The minimum absolute atomic E-state index is 0.00509. The number of halogens is 1. The highest BCUT2D eigenvalue weighted by Gasteiger charge is 2.35. The van der Waals surface area contributed by atoms with Crippen LogP contribution in [0.15, 0.2) is 29.6 Å². The van der Waals surface area contributed by atoms with Gasteiger partial charge in [-0.15, -0.1) is 11.3 Å². The lowest BCUT2D eigenvalue weighted by Gasteiger charge is -2.37. The number of hydrogen-bond donors (Lipinski definition) is 0. The van der Waals surface area contributed by atoms with E-state index in [0.717, 1.165) is 36.1 Å². The number of benzene rings is 1. The van der Waals surface area contributed by atoms with Gasteiger partial charge in [-0.2, -0.15) is 0 Å². The Hall–Kier alpha value is -2.05. The van der Waals surface area contributed by atoms with E-state index in [0.29, 0.717) is 37.1 Å². The molecule has 7 heteroatoms. The molecule has 1 saturated carbocycles. The summed E-state index contributed by atoms with van der Waals surface area (Å²) < 4.78 is 6.14. The van der Waals surface area contributed by atoms with Gasteiger partial charge >= 0.3 is 0 Å². The van der Waals surface area contributed by atoms with Gasteiger partial charge in [0.1, 0.15) is 12.4 Å². The molecule has 1 aliphatic heterocycles. The van der Waals surface area contributed by atoms with E-state index in [2.05, 4.69) is 11.4 Å². The number of ether oxygens (including phenoxy) is 1. The van der Waals surface area contributed by atoms with Crippen LogP contribution in [0.4, 0.5) is 0 Å². The summed E-state index contributed by atoms with van der Waals surface area (Å²) in [7, 11) is 0. The van der Waals surface area contributed by atoms with Crippen LogP contribution in [0.25, 0.3) is 0 Å². The predicted molar refractivity (Wildman–Crippen MR) is 133 cm³/mol. The molecule has 1 fully saturated rings. The molecule has 0 spiro atoms. The van der Waals surface area contributed by atoms with E-state index in [1.165, 1.54) is 4.88 Å². The lowest BCUT2D eigenvalue weighted by molar-refractivity contribution is -0.143. The molecule has 2 aromatic rings. The van der Waals surface area contributed by atoms with Gasteiger partial charge in [0.15, 0.2) is 0 Å². The Kier molecular flexibility index (Phi) is 7.65. The van der Waals surface area contributed by atoms with Crippen LogP contribution in [0.1, 0.15) is 55.2 Å². The first kappa shape index (κ1) is 24.1. The third-order valence-electron chi connectivity index (χ3n) is 6.39. The number of fused-ring (bicyclic) bond motifs is 1. The summed E-state index contributed by atoms with van der Waals surface area (Å²) in [4.78, 5) is 31.4. The van der Waals surface area contributed by atoms with Crippen molar-refractivity contribution in [3.05, 3.63) is 50.7 Å². The van der Waals surface area contributed by atoms with Crippen molar-refractivity contribution in [1.82, 2.24) is 9.80 Å². The second kappa shape index (κ2) is 10.5. The first-order valence-electron chi connectivity index (χ1n) is 11.8. The maximum atomic E-state index is 13.5. The third kappa shape index (κ3) is 6.10. The highest BCUT2D eigenvalue weighted by Crippen LogP contribution is 2.35. The largest absolute Gasteiger partial charge is 0.491 e. The van der Waals surface area contributed by atoms with Gasteiger partial charge < -0.3 is 14.5 Å². The molecule has 2 amide bonds. The number of amides is 2. The second-order valence-corrected chi connectivity index (χ2v) is 11.1. The van der Waals surface area contributed by atoms with Gasteiger partial charge in [-0.1, -0.05) is 25.4 Å². The fourth-order valence-corrected chi connectivity index (χ4v) is 5.40. The molecule has 0 N–H and O–H groups in total. The van der Waals surface area contributed by atoms with Crippen molar-refractivity contribution in [2.75, 3.05) is 26.2 Å². The zero-order valence-corrected chi connectivity index (χ0v) is 21.3. The molecular weight excluding hydrogens is 456 g/mol. The molecule has 0 radical (unpaired) electrons. The summed E-state index contributed by atoms with van der Waals surface area (Å²) in [5.41, 5.74) is 2.12. The van der Waals surface area contributed by atoms with E-state index in [9.17, 15) is 9.59 Å². The molecule has 33 heavy (non-hydrogen) atoms. The van der Waals surface area contributed by atoms with Crippen molar-refractivity contribution in [2.45, 2.75) is 52.5 Å². The van der Waals surface area contributed by atoms with Gasteiger partial charge in [-0.25, -0.2) is 0 Å². The van der Waals surface area contributed by atoms with Gasteiger partial charge in [0.25, 0.3) is 0 Å². The number of rotatable bonds is 9. The summed E-state index contributed by atoms with van der Waals surface area (Å²) in [5.74, 6) is 1.66. The monoisotopic (exact) mass is 488 g/mol. The highest BCUT2D eigenvalue weighted by molar-refractivity contribution is 7.10. The molecule has 178 valence electrons. The van der Waals surface area contributed by atoms with Crippen molar-refractivity contribution in [3.63, 3.8) is 0 Å². The van der Waals surface area contributed by atoms with E-state index in [1.807, 2.05) is 43.9 Å². The number of aryl methyl sites for hydroxylation is 1. The van der Waals surface area contributed by atoms with Crippen LogP contribution in [-0.4, -0.2) is 47.9 Å². The first-order chi connectivity index (χ1) is 15.8. The van der Waals surface area contributed by atoms with E-state index >= 15 is 0 Å². The van der Waals surface area contributed by atoms with Crippen LogP contribution in [0, 0.1) is 18.8 Å². The van der Waals surface area contributed by atoms with Crippen molar-refractivity contribution < 1.29 is 14.3 Å². The lowest BCUT2D eigenvalue weighted by Crippen LogP contribution is -2.48. The number of carbonyl (C=O) groups excluding carboxylic acids is 2. The van der Waals surface area contributed by atoms with Crippen LogP contribution >= 0.6 is 22.9 Å². The number of hydrogen-bond acceptors (Lipinski definition) is 4. The summed E-state index contributed by atoms with van der Waals surface area (Å²) in [5, 5.41) is 2.79. The Morgan fingerprint density at radius 3 is 2.76 bits per heavy atom. The molecule has 2 aliphatic rings. The molecule has 1 aromatic carbocycles. The van der Waals surface area contributed by atoms with Crippen molar-refractivity contribution in [3.8, 4) is 5.75 Å². The molecule has 2 heterocycles. The molecule has 1 aliphatic carbocycles. The van der Waals surface area contributed by atoms with Gasteiger partial charge in [0.2, 0.25) is 11.8 Å². The summed E-state index contributed by atoms with van der Waals surface area (Å²) in [6, 6.07) is 7.56. The quantitative estimate of drug-likeness (QED) is 0.468. The van der Waals surface area contributed by atoms with E-state index in [4.69, 9.17) is 16.3 Å². The zero-order chi connectivity index (χ0) is 23.5. The fraction of sp³-hybridized carbons (Fsp3) is 0.538. The topological polar surface area (TPSA) is 49.9 Å². The van der Waals surface area contributed by atoms with Gasteiger partial charge in [-0.3, -0.25) is 9.59 Å². The summed E-state index contributed by atoms with van der Waals surface area (Å²) >= 11 is 7.89. The van der Waals surface area contributed by atoms with E-state index in [-0.39, 0.29) is 30.3 Å². The average molecular weight is 489 g/mol. The lowest BCUT2D eigenvalue weighted by atomic mass is 10.00. The molecule has 0 unspecified atom stereocenters. The molecule has 1 aromatic heterocycles.